The van der Waals surface area contributed by atoms with E-state index in [2.05, 4.69) is 0 Å². The van der Waals surface area contributed by atoms with E-state index in [4.69, 9.17) is 9.47 Å². The first kappa shape index (κ1) is 14.9. The number of Topliss-reactive ketones (excluding diaryl/α,β-unsaturated/α-hetero) is 1. The van der Waals surface area contributed by atoms with Crippen LogP contribution in [0.2, 0.25) is 0 Å². The summed E-state index contributed by atoms with van der Waals surface area (Å²) in [5, 5.41) is 9.94. The number of ether oxygens (including phenoxy) is 2. The Morgan fingerprint density at radius 2 is 2.15 bits per heavy atom. The Bertz CT molecular complexity index is 517. The molecule has 1 aromatic rings. The van der Waals surface area contributed by atoms with Crippen molar-refractivity contribution < 1.29 is 19.4 Å². The van der Waals surface area contributed by atoms with Crippen LogP contribution < -0.4 is 9.47 Å². The lowest BCUT2D eigenvalue weighted by atomic mass is 9.93. The Hall–Kier alpha value is -1.55. The summed E-state index contributed by atoms with van der Waals surface area (Å²) in [5.41, 5.74) is -0.748. The molecule has 1 heterocycles. The SMILES string of the molecule is CCC(C)(O)COc1ccc2c(c1)OC(C)(C)CC2=O. The third-order valence-electron chi connectivity index (χ3n) is 3.54. The molecule has 0 bridgehead atoms. The van der Waals surface area contributed by atoms with Gasteiger partial charge in [-0.15, -0.1) is 0 Å². The molecule has 0 spiro atoms. The maximum absolute atomic E-state index is 12.0. The van der Waals surface area contributed by atoms with E-state index in [-0.39, 0.29) is 12.4 Å². The second kappa shape index (κ2) is 5.09. The molecule has 0 amide bonds. The van der Waals surface area contributed by atoms with Crippen LogP contribution in [-0.2, 0) is 0 Å². The number of hydrogen-bond acceptors (Lipinski definition) is 4. The van der Waals surface area contributed by atoms with Gasteiger partial charge in [-0.25, -0.2) is 0 Å². The number of carbonyl (C=O) groups is 1. The van der Waals surface area contributed by atoms with Gasteiger partial charge in [0.25, 0.3) is 0 Å². The van der Waals surface area contributed by atoms with Crippen LogP contribution in [0.3, 0.4) is 0 Å². The highest BCUT2D eigenvalue weighted by Crippen LogP contribution is 2.35. The highest BCUT2D eigenvalue weighted by molar-refractivity contribution is 6.00. The second-order valence-corrected chi connectivity index (χ2v) is 6.26. The fourth-order valence-electron chi connectivity index (χ4n) is 2.06. The summed E-state index contributed by atoms with van der Waals surface area (Å²) in [4.78, 5) is 12.0. The Kier molecular flexibility index (Phi) is 3.78. The Labute approximate surface area is 119 Å². The quantitative estimate of drug-likeness (QED) is 0.920. The minimum absolute atomic E-state index is 0.0864. The molecule has 1 aliphatic rings. The van der Waals surface area contributed by atoms with Crippen molar-refractivity contribution in [2.45, 2.75) is 51.7 Å². The topological polar surface area (TPSA) is 55.8 Å². The summed E-state index contributed by atoms with van der Waals surface area (Å²) in [6.45, 7) is 7.63. The van der Waals surface area contributed by atoms with Crippen molar-refractivity contribution in [3.63, 3.8) is 0 Å². The zero-order valence-electron chi connectivity index (χ0n) is 12.5. The second-order valence-electron chi connectivity index (χ2n) is 6.26. The molecule has 0 saturated heterocycles. The summed E-state index contributed by atoms with van der Waals surface area (Å²) in [6, 6.07) is 5.19. The molecule has 1 unspecified atom stereocenters. The van der Waals surface area contributed by atoms with Gasteiger partial charge in [-0.1, -0.05) is 6.92 Å². The molecule has 1 aliphatic heterocycles. The molecule has 4 heteroatoms. The van der Waals surface area contributed by atoms with Crippen LogP contribution in [0.5, 0.6) is 11.5 Å². The fraction of sp³-hybridized carbons (Fsp3) is 0.562. The largest absolute Gasteiger partial charge is 0.490 e. The maximum Gasteiger partial charge on any atom is 0.170 e. The number of ketones is 1. The van der Waals surface area contributed by atoms with Crippen LogP contribution in [0.4, 0.5) is 0 Å². The van der Waals surface area contributed by atoms with E-state index in [9.17, 15) is 9.90 Å². The number of aliphatic hydroxyl groups is 1. The number of fused-ring (bicyclic) bond motifs is 1. The lowest BCUT2D eigenvalue weighted by Crippen LogP contribution is -2.36. The van der Waals surface area contributed by atoms with Gasteiger partial charge >= 0.3 is 0 Å². The monoisotopic (exact) mass is 278 g/mol. The third-order valence-corrected chi connectivity index (χ3v) is 3.54. The van der Waals surface area contributed by atoms with Crippen molar-refractivity contribution in [3.05, 3.63) is 23.8 Å². The Morgan fingerprint density at radius 3 is 2.80 bits per heavy atom. The highest BCUT2D eigenvalue weighted by Gasteiger charge is 2.32. The van der Waals surface area contributed by atoms with Gasteiger partial charge in [0.1, 0.15) is 23.7 Å². The average molecular weight is 278 g/mol. The van der Waals surface area contributed by atoms with Gasteiger partial charge in [0, 0.05) is 6.07 Å². The van der Waals surface area contributed by atoms with E-state index in [1.165, 1.54) is 0 Å². The van der Waals surface area contributed by atoms with Crippen molar-refractivity contribution in [2.24, 2.45) is 0 Å². The molecular formula is C16H22O4. The summed E-state index contributed by atoms with van der Waals surface area (Å²) in [6.07, 6.45) is 0.991. The number of carbonyl (C=O) groups excluding carboxylic acids is 1. The highest BCUT2D eigenvalue weighted by atomic mass is 16.5. The molecule has 110 valence electrons. The zero-order chi connectivity index (χ0) is 15.0. The predicted octanol–water partition coefficient (Wildman–Crippen LogP) is 2.97. The molecule has 1 N–H and O–H groups in total. The van der Waals surface area contributed by atoms with Gasteiger partial charge in [-0.05, 0) is 39.3 Å². The van der Waals surface area contributed by atoms with E-state index in [1.807, 2.05) is 20.8 Å². The van der Waals surface area contributed by atoms with Crippen LogP contribution in [0, 0.1) is 0 Å². The molecule has 2 rings (SSSR count). The van der Waals surface area contributed by atoms with Gasteiger partial charge in [0.15, 0.2) is 5.78 Å². The van der Waals surface area contributed by atoms with E-state index in [0.717, 1.165) is 0 Å². The molecule has 0 aliphatic carbocycles. The normalized spacial score (nSPS) is 19.8. The predicted molar refractivity (Wildman–Crippen MR) is 76.5 cm³/mol. The van der Waals surface area contributed by atoms with Crippen molar-refractivity contribution >= 4 is 5.78 Å². The first-order valence-corrected chi connectivity index (χ1v) is 6.94. The molecule has 0 aromatic heterocycles. The smallest absolute Gasteiger partial charge is 0.170 e. The van der Waals surface area contributed by atoms with E-state index >= 15 is 0 Å². The van der Waals surface area contributed by atoms with Gasteiger partial charge in [-0.3, -0.25) is 4.79 Å². The molecule has 4 nitrogen and oxygen atoms in total. The molecule has 0 saturated carbocycles. The van der Waals surface area contributed by atoms with Gasteiger partial charge < -0.3 is 14.6 Å². The summed E-state index contributed by atoms with van der Waals surface area (Å²) in [7, 11) is 0. The minimum atomic E-state index is -0.855. The molecule has 1 atom stereocenters. The molecule has 0 fully saturated rings. The third kappa shape index (κ3) is 3.31. The first-order valence-electron chi connectivity index (χ1n) is 6.94. The molecular weight excluding hydrogens is 256 g/mol. The molecule has 20 heavy (non-hydrogen) atoms. The van der Waals surface area contributed by atoms with Crippen LogP contribution in [0.25, 0.3) is 0 Å². The Balaban J connectivity index is 2.18. The van der Waals surface area contributed by atoms with Crippen molar-refractivity contribution in [1.82, 2.24) is 0 Å². The molecule has 1 aromatic carbocycles. The van der Waals surface area contributed by atoms with E-state index < -0.39 is 11.2 Å². The van der Waals surface area contributed by atoms with Crippen LogP contribution >= 0.6 is 0 Å². The summed E-state index contributed by atoms with van der Waals surface area (Å²) >= 11 is 0. The summed E-state index contributed by atoms with van der Waals surface area (Å²) in [5.74, 6) is 1.24. The van der Waals surface area contributed by atoms with Crippen molar-refractivity contribution in [3.8, 4) is 11.5 Å². The number of hydrogen-bond donors (Lipinski definition) is 1. The van der Waals surface area contributed by atoms with Crippen molar-refractivity contribution in [2.75, 3.05) is 6.61 Å². The van der Waals surface area contributed by atoms with Crippen LogP contribution in [-0.4, -0.2) is 28.7 Å². The standard InChI is InChI=1S/C16H22O4/c1-5-16(4,18)10-19-11-6-7-12-13(17)9-15(2,3)20-14(12)8-11/h6-8,18H,5,9-10H2,1-4H3. The van der Waals surface area contributed by atoms with E-state index in [0.29, 0.717) is 29.9 Å². The van der Waals surface area contributed by atoms with Crippen molar-refractivity contribution in [1.29, 1.82) is 0 Å². The lowest BCUT2D eigenvalue weighted by Gasteiger charge is -2.31. The first-order chi connectivity index (χ1) is 9.22. The molecule has 0 radical (unpaired) electrons. The average Bonchev–Trinajstić information content (AvgIpc) is 2.34. The summed E-state index contributed by atoms with van der Waals surface area (Å²) < 4.78 is 11.4. The minimum Gasteiger partial charge on any atom is -0.490 e. The maximum atomic E-state index is 12.0. The van der Waals surface area contributed by atoms with Gasteiger partial charge in [0.05, 0.1) is 17.6 Å². The number of rotatable bonds is 4. The van der Waals surface area contributed by atoms with Gasteiger partial charge in [0.2, 0.25) is 0 Å². The lowest BCUT2D eigenvalue weighted by molar-refractivity contribution is 0.00812. The zero-order valence-corrected chi connectivity index (χ0v) is 12.5. The number of benzene rings is 1. The Morgan fingerprint density at radius 1 is 1.45 bits per heavy atom. The van der Waals surface area contributed by atoms with Crippen LogP contribution in [0.1, 0.15) is 50.9 Å². The fourth-order valence-corrected chi connectivity index (χ4v) is 2.06. The van der Waals surface area contributed by atoms with Crippen LogP contribution in [0.15, 0.2) is 18.2 Å². The van der Waals surface area contributed by atoms with Gasteiger partial charge in [-0.2, -0.15) is 0 Å². The van der Waals surface area contributed by atoms with E-state index in [1.54, 1.807) is 25.1 Å².